The van der Waals surface area contributed by atoms with E-state index in [1.165, 1.54) is 38.5 Å². The quantitative estimate of drug-likeness (QED) is 0.266. The Morgan fingerprint density at radius 2 is 1.32 bits per heavy atom. The van der Waals surface area contributed by atoms with E-state index in [9.17, 15) is 9.90 Å². The van der Waals surface area contributed by atoms with E-state index in [0.717, 1.165) is 32.1 Å². The summed E-state index contributed by atoms with van der Waals surface area (Å²) in [6.45, 7) is 2.23. The number of unbranched alkanes of at least 4 members (excludes halogenated alkanes) is 8. The van der Waals surface area contributed by atoms with Gasteiger partial charge in [0.15, 0.2) is 0 Å². The molecule has 0 aliphatic rings. The fourth-order valence-electron chi connectivity index (χ4n) is 2.08. The van der Waals surface area contributed by atoms with Crippen molar-refractivity contribution >= 4 is 5.97 Å². The van der Waals surface area contributed by atoms with Gasteiger partial charge in [-0.15, -0.1) is 0 Å². The van der Waals surface area contributed by atoms with Crippen LogP contribution in [0.4, 0.5) is 0 Å². The summed E-state index contributed by atoms with van der Waals surface area (Å²) in [6.07, 6.45) is 21.9. The standard InChI is InChI=1S/C18H32O2.O.Ti/c1-2-3-4-5-6-7-8-9-10-11-12-13-14-15-16-17-18(19)20;;/h6-7,9-10H,2-5,8,11-17H2,1H3,(H,19,20);;/q;-2;+3/p-1/b7-6-,10-9-;;. The molecule has 0 amide bonds. The molecule has 0 rings (SSSR count). The summed E-state index contributed by atoms with van der Waals surface area (Å²) in [5.41, 5.74) is 0. The van der Waals surface area contributed by atoms with Gasteiger partial charge in [-0.05, 0) is 44.9 Å². The molecular formula is C18H31O3Ti. The van der Waals surface area contributed by atoms with E-state index in [1.807, 2.05) is 0 Å². The Kier molecular flexibility index (Phi) is 27.6. The van der Waals surface area contributed by atoms with Crippen molar-refractivity contribution < 1.29 is 37.1 Å². The number of hydrogen-bond donors (Lipinski definition) is 0. The molecule has 0 atom stereocenters. The molecule has 1 radical (unpaired) electrons. The number of hydrogen-bond acceptors (Lipinski definition) is 2. The van der Waals surface area contributed by atoms with Crippen LogP contribution < -0.4 is 5.11 Å². The summed E-state index contributed by atoms with van der Waals surface area (Å²) in [7, 11) is 0. The fraction of sp³-hybridized carbons (Fsp3) is 0.722. The molecule has 0 aromatic heterocycles. The van der Waals surface area contributed by atoms with Gasteiger partial charge in [0.05, 0.1) is 0 Å². The molecule has 0 bridgehead atoms. The van der Waals surface area contributed by atoms with E-state index in [2.05, 4.69) is 31.2 Å². The predicted molar refractivity (Wildman–Crippen MR) is 85.1 cm³/mol. The smallest absolute Gasteiger partial charge is 2.00 e. The number of carboxylic acids is 1. The van der Waals surface area contributed by atoms with Crippen LogP contribution >= 0.6 is 0 Å². The van der Waals surface area contributed by atoms with Crippen molar-refractivity contribution in [1.29, 1.82) is 0 Å². The summed E-state index contributed by atoms with van der Waals surface area (Å²) in [5.74, 6) is -0.921. The van der Waals surface area contributed by atoms with Gasteiger partial charge >= 0.3 is 21.7 Å². The van der Waals surface area contributed by atoms with Crippen molar-refractivity contribution in [3.63, 3.8) is 0 Å². The van der Waals surface area contributed by atoms with E-state index in [4.69, 9.17) is 0 Å². The zero-order valence-electron chi connectivity index (χ0n) is 14.0. The van der Waals surface area contributed by atoms with Gasteiger partial charge in [0.2, 0.25) is 0 Å². The second kappa shape index (κ2) is 22.9. The van der Waals surface area contributed by atoms with Crippen molar-refractivity contribution in [3.05, 3.63) is 24.3 Å². The van der Waals surface area contributed by atoms with Crippen molar-refractivity contribution in [3.8, 4) is 0 Å². The normalized spacial score (nSPS) is 10.6. The number of aliphatic carboxylic acids is 1. The van der Waals surface area contributed by atoms with E-state index >= 15 is 0 Å². The first-order chi connectivity index (χ1) is 9.77. The van der Waals surface area contributed by atoms with Crippen LogP contribution in [0.3, 0.4) is 0 Å². The van der Waals surface area contributed by atoms with Crippen LogP contribution in [0.1, 0.15) is 84.0 Å². The predicted octanol–water partition coefficient (Wildman–Crippen LogP) is 4.43. The van der Waals surface area contributed by atoms with Crippen molar-refractivity contribution in [2.45, 2.75) is 84.0 Å². The molecule has 0 saturated heterocycles. The van der Waals surface area contributed by atoms with Crippen LogP contribution in [-0.4, -0.2) is 5.97 Å². The molecule has 0 aliphatic carbocycles. The maximum absolute atomic E-state index is 10.2. The van der Waals surface area contributed by atoms with Crippen LogP contribution in [0.2, 0.25) is 0 Å². The minimum Gasteiger partial charge on any atom is -2.00 e. The van der Waals surface area contributed by atoms with Gasteiger partial charge in [-0.25, -0.2) is 0 Å². The molecule has 0 aliphatic heterocycles. The van der Waals surface area contributed by atoms with Gasteiger partial charge in [-0.2, -0.15) is 0 Å². The Labute approximate surface area is 151 Å². The first-order valence-corrected chi connectivity index (χ1v) is 8.27. The molecule has 0 N–H and O–H groups in total. The molecule has 0 aromatic rings. The van der Waals surface area contributed by atoms with E-state index in [0.29, 0.717) is 0 Å². The molecule has 4 heteroatoms. The van der Waals surface area contributed by atoms with Crippen LogP contribution in [0, 0.1) is 0 Å². The van der Waals surface area contributed by atoms with Crippen molar-refractivity contribution in [2.75, 3.05) is 0 Å². The van der Waals surface area contributed by atoms with Crippen LogP contribution in [0.15, 0.2) is 24.3 Å². The number of carbonyl (C=O) groups excluding carboxylic acids is 1. The van der Waals surface area contributed by atoms with Crippen LogP contribution in [-0.2, 0) is 32.0 Å². The molecule has 0 saturated carbocycles. The van der Waals surface area contributed by atoms with Gasteiger partial charge in [0, 0.05) is 5.97 Å². The molecule has 22 heavy (non-hydrogen) atoms. The summed E-state index contributed by atoms with van der Waals surface area (Å²) >= 11 is 0. The maximum atomic E-state index is 10.2. The SMILES string of the molecule is CCCCC/C=C\C/C=C\CCCCCCCC(=O)[O-].[O-2].[Ti+3]. The third kappa shape index (κ3) is 24.6. The van der Waals surface area contributed by atoms with Gasteiger partial charge in [-0.3, -0.25) is 0 Å². The molecule has 3 nitrogen and oxygen atoms in total. The van der Waals surface area contributed by atoms with Crippen LogP contribution in [0.5, 0.6) is 0 Å². The molecule has 0 unspecified atom stereocenters. The van der Waals surface area contributed by atoms with Gasteiger partial charge in [-0.1, -0.05) is 63.3 Å². The van der Waals surface area contributed by atoms with Gasteiger partial charge in [0.1, 0.15) is 0 Å². The van der Waals surface area contributed by atoms with E-state index in [1.54, 1.807) is 0 Å². The largest absolute Gasteiger partial charge is 3.00 e. The van der Waals surface area contributed by atoms with Gasteiger partial charge < -0.3 is 15.4 Å². The van der Waals surface area contributed by atoms with Crippen molar-refractivity contribution in [2.24, 2.45) is 0 Å². The Bertz CT molecular complexity index is 276. The average Bonchev–Trinajstić information content (AvgIpc) is 2.43. The minimum absolute atomic E-state index is 0. The number of carboxylic acid groups (broad SMARTS) is 1. The maximum Gasteiger partial charge on any atom is 3.00 e. The second-order valence-corrected chi connectivity index (χ2v) is 5.35. The molecule has 0 heterocycles. The Balaban J connectivity index is -0.00000180. The number of carbonyl (C=O) groups is 1. The number of rotatable bonds is 14. The monoisotopic (exact) mass is 343 g/mol. The molecule has 125 valence electrons. The van der Waals surface area contributed by atoms with Crippen LogP contribution in [0.25, 0.3) is 0 Å². The third-order valence-corrected chi connectivity index (χ3v) is 3.33. The molecular weight excluding hydrogens is 312 g/mol. The van der Waals surface area contributed by atoms with E-state index < -0.39 is 5.97 Å². The summed E-state index contributed by atoms with van der Waals surface area (Å²) < 4.78 is 0. The Morgan fingerprint density at radius 3 is 1.86 bits per heavy atom. The summed E-state index contributed by atoms with van der Waals surface area (Å²) in [6, 6.07) is 0. The zero-order chi connectivity index (χ0) is 14.9. The Morgan fingerprint density at radius 1 is 0.818 bits per heavy atom. The number of allylic oxidation sites excluding steroid dienone is 4. The van der Waals surface area contributed by atoms with E-state index in [-0.39, 0.29) is 33.6 Å². The topological polar surface area (TPSA) is 68.6 Å². The van der Waals surface area contributed by atoms with Crippen molar-refractivity contribution in [1.82, 2.24) is 0 Å². The summed E-state index contributed by atoms with van der Waals surface area (Å²) in [5, 5.41) is 10.2. The zero-order valence-corrected chi connectivity index (χ0v) is 15.6. The Hall–Kier alpha value is -0.376. The molecule has 0 fully saturated rings. The first kappa shape index (κ1) is 26.5. The summed E-state index contributed by atoms with van der Waals surface area (Å²) in [4.78, 5) is 10.2. The fourth-order valence-corrected chi connectivity index (χ4v) is 2.08. The molecule has 0 spiro atoms. The third-order valence-electron chi connectivity index (χ3n) is 3.33. The minimum atomic E-state index is -0.921. The first-order valence-electron chi connectivity index (χ1n) is 8.27. The second-order valence-electron chi connectivity index (χ2n) is 5.35. The average molecular weight is 343 g/mol. The molecule has 0 aromatic carbocycles. The van der Waals surface area contributed by atoms with Gasteiger partial charge in [0.25, 0.3) is 0 Å².